The summed E-state index contributed by atoms with van der Waals surface area (Å²) in [6, 6.07) is 6.52. The Labute approximate surface area is 125 Å². The van der Waals surface area contributed by atoms with Crippen molar-refractivity contribution in [1.29, 1.82) is 0 Å². The van der Waals surface area contributed by atoms with Gasteiger partial charge >= 0.3 is 0 Å². The Balaban J connectivity index is 1.77. The fourth-order valence-corrected chi connectivity index (χ4v) is 3.47. The van der Waals surface area contributed by atoms with Crippen LogP contribution in [-0.4, -0.2) is 44.3 Å². The second-order valence-corrected chi connectivity index (χ2v) is 5.78. The Morgan fingerprint density at radius 1 is 1.14 bits per heavy atom. The van der Waals surface area contributed by atoms with Gasteiger partial charge in [0.1, 0.15) is 5.82 Å². The highest BCUT2D eigenvalue weighted by Crippen LogP contribution is 2.43. The summed E-state index contributed by atoms with van der Waals surface area (Å²) in [7, 11) is 0. The maximum atomic E-state index is 13.2. The Morgan fingerprint density at radius 2 is 1.76 bits per heavy atom. The van der Waals surface area contributed by atoms with E-state index in [4.69, 9.17) is 15.2 Å². The Hall–Kier alpha value is -1.01. The number of rotatable bonds is 4. The molecule has 0 amide bonds. The quantitative estimate of drug-likeness (QED) is 0.918. The highest BCUT2D eigenvalue weighted by molar-refractivity contribution is 5.23. The van der Waals surface area contributed by atoms with E-state index < -0.39 is 5.79 Å². The van der Waals surface area contributed by atoms with Crippen molar-refractivity contribution in [2.45, 2.75) is 18.6 Å². The molecule has 0 aliphatic carbocycles. The van der Waals surface area contributed by atoms with Crippen LogP contribution in [0.15, 0.2) is 24.3 Å². The van der Waals surface area contributed by atoms with Crippen LogP contribution in [0.3, 0.4) is 0 Å². The number of hydrogen-bond donors (Lipinski definition) is 1. The van der Waals surface area contributed by atoms with Gasteiger partial charge in [0, 0.05) is 24.6 Å². The van der Waals surface area contributed by atoms with Crippen LogP contribution in [0.4, 0.5) is 4.39 Å². The average molecular weight is 294 g/mol. The minimum Gasteiger partial charge on any atom is -0.343 e. The zero-order valence-corrected chi connectivity index (χ0v) is 12.3. The number of hydrogen-bond acceptors (Lipinski definition) is 4. The molecule has 0 radical (unpaired) electrons. The number of nitrogens with two attached hydrogens (primary N) is 1. The predicted octanol–water partition coefficient (Wildman–Crippen LogP) is 1.70. The smallest absolute Gasteiger partial charge is 0.197 e. The molecule has 2 saturated heterocycles. The summed E-state index contributed by atoms with van der Waals surface area (Å²) < 4.78 is 25.2. The molecule has 0 saturated carbocycles. The minimum atomic E-state index is -0.692. The number of piperidine rings is 1. The highest BCUT2D eigenvalue weighted by Gasteiger charge is 2.46. The fraction of sp³-hybridized carbons (Fsp3) is 0.625. The molecular formula is C16H23FN2O2. The highest BCUT2D eigenvalue weighted by atomic mass is 19.1. The van der Waals surface area contributed by atoms with Gasteiger partial charge in [0.05, 0.1) is 13.2 Å². The SMILES string of the molecule is NCCN1CCC(C2(c3ccc(F)cc3)OCCO2)CC1. The zero-order chi connectivity index (χ0) is 14.7. The summed E-state index contributed by atoms with van der Waals surface area (Å²) in [5.41, 5.74) is 6.55. The van der Waals surface area contributed by atoms with Crippen LogP contribution in [0, 0.1) is 11.7 Å². The Morgan fingerprint density at radius 3 is 2.33 bits per heavy atom. The van der Waals surface area contributed by atoms with Gasteiger partial charge in [-0.1, -0.05) is 12.1 Å². The Bertz CT molecular complexity index is 452. The number of benzene rings is 1. The molecule has 1 aromatic carbocycles. The van der Waals surface area contributed by atoms with Crippen molar-refractivity contribution in [1.82, 2.24) is 4.90 Å². The van der Waals surface area contributed by atoms with Crippen LogP contribution in [0.5, 0.6) is 0 Å². The summed E-state index contributed by atoms with van der Waals surface area (Å²) in [6.45, 7) is 4.86. The van der Waals surface area contributed by atoms with Crippen molar-refractivity contribution in [3.8, 4) is 0 Å². The lowest BCUT2D eigenvalue weighted by molar-refractivity contribution is -0.214. The van der Waals surface area contributed by atoms with Crippen molar-refractivity contribution in [2.24, 2.45) is 11.7 Å². The molecule has 21 heavy (non-hydrogen) atoms. The third kappa shape index (κ3) is 2.97. The first-order valence-electron chi connectivity index (χ1n) is 7.71. The fourth-order valence-electron chi connectivity index (χ4n) is 3.47. The second-order valence-electron chi connectivity index (χ2n) is 5.78. The molecule has 0 unspecified atom stereocenters. The minimum absolute atomic E-state index is 0.232. The van der Waals surface area contributed by atoms with Crippen molar-refractivity contribution in [2.75, 3.05) is 39.4 Å². The lowest BCUT2D eigenvalue weighted by atomic mass is 9.84. The maximum absolute atomic E-state index is 13.2. The molecule has 4 nitrogen and oxygen atoms in total. The van der Waals surface area contributed by atoms with Crippen molar-refractivity contribution < 1.29 is 13.9 Å². The van der Waals surface area contributed by atoms with E-state index in [1.54, 1.807) is 12.1 Å². The maximum Gasteiger partial charge on any atom is 0.197 e. The van der Waals surface area contributed by atoms with E-state index >= 15 is 0 Å². The zero-order valence-electron chi connectivity index (χ0n) is 12.3. The van der Waals surface area contributed by atoms with Crippen molar-refractivity contribution in [3.05, 3.63) is 35.6 Å². The van der Waals surface area contributed by atoms with Crippen molar-refractivity contribution >= 4 is 0 Å². The molecule has 1 aromatic rings. The molecule has 3 rings (SSSR count). The van der Waals surface area contributed by atoms with E-state index in [1.807, 2.05) is 0 Å². The van der Waals surface area contributed by atoms with Gasteiger partial charge < -0.3 is 20.1 Å². The molecule has 0 bridgehead atoms. The second kappa shape index (κ2) is 6.40. The molecule has 2 N–H and O–H groups in total. The summed E-state index contributed by atoms with van der Waals surface area (Å²) in [6.07, 6.45) is 2.02. The monoisotopic (exact) mass is 294 g/mol. The van der Waals surface area contributed by atoms with Crippen LogP contribution >= 0.6 is 0 Å². The third-order valence-electron chi connectivity index (χ3n) is 4.53. The molecule has 116 valence electrons. The summed E-state index contributed by atoms with van der Waals surface area (Å²) in [5.74, 6) is -0.619. The van der Waals surface area contributed by atoms with E-state index in [9.17, 15) is 4.39 Å². The van der Waals surface area contributed by atoms with Crippen LogP contribution < -0.4 is 5.73 Å². The third-order valence-corrected chi connectivity index (χ3v) is 4.53. The van der Waals surface area contributed by atoms with Gasteiger partial charge in [0.2, 0.25) is 0 Å². The van der Waals surface area contributed by atoms with Gasteiger partial charge in [0.25, 0.3) is 0 Å². The molecule has 2 aliphatic heterocycles. The van der Waals surface area contributed by atoms with Gasteiger partial charge in [0.15, 0.2) is 5.79 Å². The van der Waals surface area contributed by atoms with Crippen LogP contribution in [0.25, 0.3) is 0 Å². The molecule has 2 heterocycles. The lowest BCUT2D eigenvalue weighted by Gasteiger charge is -2.41. The standard InChI is InChI=1S/C16H23FN2O2/c17-15-3-1-13(2-4-15)16(20-11-12-21-16)14-5-8-19(9-6-14)10-7-18/h1-4,14H,5-12,18H2. The largest absolute Gasteiger partial charge is 0.343 e. The lowest BCUT2D eigenvalue weighted by Crippen LogP contribution is -2.45. The van der Waals surface area contributed by atoms with Crippen LogP contribution in [-0.2, 0) is 15.3 Å². The van der Waals surface area contributed by atoms with E-state index in [0.29, 0.717) is 25.7 Å². The molecule has 5 heteroatoms. The topological polar surface area (TPSA) is 47.7 Å². The van der Waals surface area contributed by atoms with Gasteiger partial charge in [-0.25, -0.2) is 4.39 Å². The number of likely N-dealkylation sites (tertiary alicyclic amines) is 1. The number of halogens is 1. The van der Waals surface area contributed by atoms with Gasteiger partial charge in [-0.05, 0) is 38.1 Å². The number of nitrogens with zero attached hydrogens (tertiary/aromatic N) is 1. The van der Waals surface area contributed by atoms with Crippen LogP contribution in [0.1, 0.15) is 18.4 Å². The predicted molar refractivity (Wildman–Crippen MR) is 78.2 cm³/mol. The summed E-state index contributed by atoms with van der Waals surface area (Å²) in [4.78, 5) is 2.38. The normalized spacial score (nSPS) is 23.5. The first-order chi connectivity index (χ1) is 10.2. The molecule has 0 spiro atoms. The van der Waals surface area contributed by atoms with Crippen LogP contribution in [0.2, 0.25) is 0 Å². The van der Waals surface area contributed by atoms with Crippen molar-refractivity contribution in [3.63, 3.8) is 0 Å². The molecule has 2 fully saturated rings. The first-order valence-corrected chi connectivity index (χ1v) is 7.71. The van der Waals surface area contributed by atoms with Gasteiger partial charge in [-0.15, -0.1) is 0 Å². The van der Waals surface area contributed by atoms with Gasteiger partial charge in [-0.2, -0.15) is 0 Å². The molecule has 0 atom stereocenters. The molecular weight excluding hydrogens is 271 g/mol. The molecule has 2 aliphatic rings. The van der Waals surface area contributed by atoms with Gasteiger partial charge in [-0.3, -0.25) is 0 Å². The van der Waals surface area contributed by atoms with E-state index in [-0.39, 0.29) is 5.82 Å². The first kappa shape index (κ1) is 14.9. The Kier molecular flexibility index (Phi) is 4.54. The number of ether oxygens (including phenoxy) is 2. The molecule has 0 aromatic heterocycles. The van der Waals surface area contributed by atoms with E-state index in [0.717, 1.165) is 38.0 Å². The summed E-state index contributed by atoms with van der Waals surface area (Å²) >= 11 is 0. The van der Waals surface area contributed by atoms with E-state index in [1.165, 1.54) is 12.1 Å². The average Bonchev–Trinajstić information content (AvgIpc) is 3.00. The summed E-state index contributed by atoms with van der Waals surface area (Å²) in [5, 5.41) is 0. The van der Waals surface area contributed by atoms with E-state index in [2.05, 4.69) is 4.90 Å².